The van der Waals surface area contributed by atoms with Gasteiger partial charge in [0.1, 0.15) is 6.61 Å². The largest absolute Gasteiger partial charge is 0.504 e. The molecule has 0 atom stereocenters. The molecule has 0 heterocycles. The minimum atomic E-state index is -0.139. The molecule has 1 aromatic rings. The van der Waals surface area contributed by atoms with Crippen LogP contribution in [0.3, 0.4) is 0 Å². The molecule has 3 nitrogen and oxygen atoms in total. The predicted octanol–water partition coefficient (Wildman–Crippen LogP) is 2.09. The third-order valence-corrected chi connectivity index (χ3v) is 1.13. The molecule has 0 bridgehead atoms. The number of hydrogen-bond donors (Lipinski definition) is 2. The second-order valence-corrected chi connectivity index (χ2v) is 2.59. The van der Waals surface area contributed by atoms with Gasteiger partial charge in [0.25, 0.3) is 0 Å². The van der Waals surface area contributed by atoms with Crippen LogP contribution >= 0.6 is 0 Å². The zero-order valence-electron chi connectivity index (χ0n) is 7.53. The lowest BCUT2D eigenvalue weighted by Gasteiger charge is -1.91. The Bertz CT molecular complexity index is 248. The molecule has 0 fully saturated rings. The van der Waals surface area contributed by atoms with Crippen molar-refractivity contribution in [2.75, 3.05) is 6.61 Å². The fraction of sp³-hybridized carbons (Fsp3) is 0.200. The highest BCUT2D eigenvalue weighted by molar-refractivity contribution is 5.36. The number of benzene rings is 1. The molecule has 1 aromatic carbocycles. The zero-order valence-corrected chi connectivity index (χ0v) is 7.53. The first-order chi connectivity index (χ1) is 6.07. The first kappa shape index (κ1) is 11.5. The predicted molar refractivity (Wildman–Crippen MR) is 50.1 cm³/mol. The summed E-state index contributed by atoms with van der Waals surface area (Å²) < 4.78 is 0. The molecule has 13 heavy (non-hydrogen) atoms. The first-order valence-electron chi connectivity index (χ1n) is 3.77. The van der Waals surface area contributed by atoms with Crippen LogP contribution in [0.2, 0.25) is 0 Å². The van der Waals surface area contributed by atoms with Gasteiger partial charge in [-0.05, 0) is 19.1 Å². The van der Waals surface area contributed by atoms with Crippen LogP contribution in [0, 0.1) is 0 Å². The normalized spacial score (nSPS) is 8.46. The Morgan fingerprint density at radius 2 is 1.62 bits per heavy atom. The Labute approximate surface area is 77.6 Å². The SMILES string of the molecule is C=C(C)C[O].Oc1ccccc1O. The molecule has 3 heteroatoms. The summed E-state index contributed by atoms with van der Waals surface area (Å²) >= 11 is 0. The summed E-state index contributed by atoms with van der Waals surface area (Å²) in [6, 6.07) is 6.15. The molecule has 0 aromatic heterocycles. The van der Waals surface area contributed by atoms with Gasteiger partial charge in [-0.3, -0.25) is 0 Å². The van der Waals surface area contributed by atoms with Gasteiger partial charge in [-0.2, -0.15) is 0 Å². The van der Waals surface area contributed by atoms with Gasteiger partial charge in [0.05, 0.1) is 0 Å². The van der Waals surface area contributed by atoms with Crippen LogP contribution in [0.1, 0.15) is 6.92 Å². The van der Waals surface area contributed by atoms with E-state index in [1.54, 1.807) is 19.1 Å². The minimum absolute atomic E-state index is 0.0764. The Morgan fingerprint density at radius 3 is 1.77 bits per heavy atom. The molecule has 1 rings (SSSR count). The van der Waals surface area contributed by atoms with Crippen LogP contribution < -0.4 is 0 Å². The highest BCUT2D eigenvalue weighted by Crippen LogP contribution is 2.21. The molecular formula is C10H13O3. The Morgan fingerprint density at radius 1 is 1.31 bits per heavy atom. The monoisotopic (exact) mass is 181 g/mol. The van der Waals surface area contributed by atoms with Gasteiger partial charge >= 0.3 is 0 Å². The second-order valence-electron chi connectivity index (χ2n) is 2.59. The van der Waals surface area contributed by atoms with Crippen LogP contribution in [-0.2, 0) is 5.11 Å². The van der Waals surface area contributed by atoms with Crippen molar-refractivity contribution in [3.05, 3.63) is 36.4 Å². The molecule has 0 aliphatic rings. The van der Waals surface area contributed by atoms with Gasteiger partial charge in [-0.1, -0.05) is 24.3 Å². The average molecular weight is 181 g/mol. The van der Waals surface area contributed by atoms with Crippen LogP contribution in [0.15, 0.2) is 36.4 Å². The maximum Gasteiger partial charge on any atom is 0.157 e. The van der Waals surface area contributed by atoms with E-state index >= 15 is 0 Å². The van der Waals surface area contributed by atoms with Crippen molar-refractivity contribution >= 4 is 0 Å². The summed E-state index contributed by atoms with van der Waals surface area (Å²) in [6.45, 7) is 4.94. The number of phenols is 2. The molecule has 0 saturated carbocycles. The zero-order chi connectivity index (χ0) is 10.3. The lowest BCUT2D eigenvalue weighted by Crippen LogP contribution is -1.73. The summed E-state index contributed by atoms with van der Waals surface area (Å²) in [5, 5.41) is 26.9. The van der Waals surface area contributed by atoms with Crippen LogP contribution in [-0.4, -0.2) is 16.8 Å². The molecule has 0 spiro atoms. The molecule has 0 aliphatic heterocycles. The molecule has 0 unspecified atom stereocenters. The Hall–Kier alpha value is -1.48. The van der Waals surface area contributed by atoms with Gasteiger partial charge in [-0.25, -0.2) is 5.11 Å². The van der Waals surface area contributed by atoms with E-state index in [1.165, 1.54) is 12.1 Å². The van der Waals surface area contributed by atoms with Gasteiger partial charge in [-0.15, -0.1) is 0 Å². The van der Waals surface area contributed by atoms with Gasteiger partial charge in [0.15, 0.2) is 11.5 Å². The quantitative estimate of drug-likeness (QED) is 0.514. The highest BCUT2D eigenvalue weighted by Gasteiger charge is 1.90. The van der Waals surface area contributed by atoms with Crippen molar-refractivity contribution < 1.29 is 15.3 Å². The number of rotatable bonds is 1. The Kier molecular flexibility index (Phi) is 5.39. The average Bonchev–Trinajstić information content (AvgIpc) is 2.11. The molecule has 1 radical (unpaired) electrons. The van der Waals surface area contributed by atoms with E-state index in [-0.39, 0.29) is 18.1 Å². The lowest BCUT2D eigenvalue weighted by atomic mass is 10.3. The van der Waals surface area contributed by atoms with E-state index in [2.05, 4.69) is 6.58 Å². The Balaban J connectivity index is 0.000000252. The van der Waals surface area contributed by atoms with E-state index in [1.807, 2.05) is 0 Å². The van der Waals surface area contributed by atoms with Crippen molar-refractivity contribution in [3.8, 4) is 11.5 Å². The summed E-state index contributed by atoms with van der Waals surface area (Å²) in [7, 11) is 0. The first-order valence-corrected chi connectivity index (χ1v) is 3.77. The minimum Gasteiger partial charge on any atom is -0.504 e. The van der Waals surface area contributed by atoms with E-state index in [0.29, 0.717) is 5.57 Å². The summed E-state index contributed by atoms with van der Waals surface area (Å²) in [4.78, 5) is 0. The number of para-hydroxylation sites is 2. The highest BCUT2D eigenvalue weighted by atomic mass is 16.3. The maximum absolute atomic E-state index is 9.53. The van der Waals surface area contributed by atoms with Crippen molar-refractivity contribution in [2.24, 2.45) is 0 Å². The van der Waals surface area contributed by atoms with Crippen molar-refractivity contribution in [1.82, 2.24) is 0 Å². The summed E-state index contributed by atoms with van der Waals surface area (Å²) in [6.07, 6.45) is 0. The molecule has 0 amide bonds. The third kappa shape index (κ3) is 5.75. The molecular weight excluding hydrogens is 168 g/mol. The summed E-state index contributed by atoms with van der Waals surface area (Å²) in [5.41, 5.74) is 0.699. The molecule has 71 valence electrons. The molecule has 2 N–H and O–H groups in total. The van der Waals surface area contributed by atoms with Crippen molar-refractivity contribution in [2.45, 2.75) is 6.92 Å². The van der Waals surface area contributed by atoms with E-state index in [9.17, 15) is 5.11 Å². The van der Waals surface area contributed by atoms with Crippen LogP contribution in [0.4, 0.5) is 0 Å². The summed E-state index contributed by atoms with van der Waals surface area (Å²) in [5.74, 6) is -0.153. The third-order valence-electron chi connectivity index (χ3n) is 1.13. The van der Waals surface area contributed by atoms with E-state index in [4.69, 9.17) is 10.2 Å². The van der Waals surface area contributed by atoms with Gasteiger partial charge < -0.3 is 10.2 Å². The molecule has 0 saturated heterocycles. The smallest absolute Gasteiger partial charge is 0.157 e. The second kappa shape index (κ2) is 6.08. The molecule has 0 aliphatic carbocycles. The van der Waals surface area contributed by atoms with E-state index in [0.717, 1.165) is 0 Å². The number of hydrogen-bond acceptors (Lipinski definition) is 2. The topological polar surface area (TPSA) is 60.4 Å². The van der Waals surface area contributed by atoms with Crippen LogP contribution in [0.25, 0.3) is 0 Å². The number of aromatic hydroxyl groups is 2. The number of phenolic OH excluding ortho intramolecular Hbond substituents is 2. The van der Waals surface area contributed by atoms with Crippen molar-refractivity contribution in [1.29, 1.82) is 0 Å². The van der Waals surface area contributed by atoms with Crippen molar-refractivity contribution in [3.63, 3.8) is 0 Å². The van der Waals surface area contributed by atoms with E-state index < -0.39 is 0 Å². The van der Waals surface area contributed by atoms with Gasteiger partial charge in [0.2, 0.25) is 0 Å². The fourth-order valence-corrected chi connectivity index (χ4v) is 0.464. The lowest BCUT2D eigenvalue weighted by molar-refractivity contribution is 0.224. The van der Waals surface area contributed by atoms with Gasteiger partial charge in [0, 0.05) is 0 Å². The van der Waals surface area contributed by atoms with Crippen LogP contribution in [0.5, 0.6) is 11.5 Å². The standard InChI is InChI=1S/C6H6O2.C4H7O/c7-5-3-1-2-4-6(5)8;1-4(2)3-5/h1-4,7-8H;1,3H2,2H3. The maximum atomic E-state index is 9.53. The fourth-order valence-electron chi connectivity index (χ4n) is 0.464.